The molecule has 0 saturated heterocycles. The number of benzene rings is 8. The molecule has 2 aliphatic heterocycles. The molecule has 1 N–H and O–H groups in total. The Morgan fingerprint density at radius 1 is 0.444 bits per heavy atom. The van der Waals surface area contributed by atoms with E-state index >= 15 is 0 Å². The second-order valence-corrected chi connectivity index (χ2v) is 13.9. The first-order valence-electron chi connectivity index (χ1n) is 18.6. The highest BCUT2D eigenvalue weighted by atomic mass is 15.6. The minimum absolute atomic E-state index is 0.0433. The highest BCUT2D eigenvalue weighted by Crippen LogP contribution is 2.52. The molecular weight excluding hydrogens is 655 g/mol. The predicted octanol–water partition coefficient (Wildman–Crippen LogP) is 12.9. The van der Waals surface area contributed by atoms with Gasteiger partial charge in [-0.3, -0.25) is 5.01 Å². The van der Waals surface area contributed by atoms with Crippen molar-refractivity contribution >= 4 is 50.9 Å². The zero-order valence-electron chi connectivity index (χ0n) is 29.7. The van der Waals surface area contributed by atoms with Crippen molar-refractivity contribution in [1.29, 1.82) is 0 Å². The molecule has 8 aromatic rings. The van der Waals surface area contributed by atoms with Gasteiger partial charge in [-0.25, -0.2) is 5.43 Å². The van der Waals surface area contributed by atoms with Gasteiger partial charge in [0.15, 0.2) is 0 Å². The number of hydrogen-bond donors (Lipinski definition) is 1. The second kappa shape index (κ2) is 13.6. The summed E-state index contributed by atoms with van der Waals surface area (Å²) in [5.41, 5.74) is 19.2. The Balaban J connectivity index is 1.18. The summed E-state index contributed by atoms with van der Waals surface area (Å²) in [5, 5.41) is 4.82. The number of rotatable bonds is 7. The van der Waals surface area contributed by atoms with Crippen molar-refractivity contribution in [2.75, 3.05) is 4.90 Å². The van der Waals surface area contributed by atoms with Crippen LogP contribution in [0.3, 0.4) is 0 Å². The summed E-state index contributed by atoms with van der Waals surface area (Å²) in [4.78, 5) is 2.40. The molecule has 0 bridgehead atoms. The summed E-state index contributed by atoms with van der Waals surface area (Å²) in [6.07, 6.45) is 2.37. The standard InChI is InChI=1S/C51H37N3/c1-5-17-38(18-6-1)48-35-46-45(51-49(39-19-7-2-8-20-39)50(52-54(48)51)40-21-9-3-10-22-40)26-15-27-47(46)53(43-24-11-4-12-25-43)44-32-30-37(31-33-44)42-29-28-36-16-13-14-23-41(36)34-42/h1-35,50,52H. The van der Waals surface area contributed by atoms with Crippen LogP contribution in [-0.4, -0.2) is 5.01 Å². The van der Waals surface area contributed by atoms with E-state index in [1.54, 1.807) is 0 Å². The zero-order chi connectivity index (χ0) is 35.8. The Labute approximate surface area is 316 Å². The average Bonchev–Trinajstić information content (AvgIpc) is 3.66. The van der Waals surface area contributed by atoms with Crippen molar-refractivity contribution in [2.45, 2.75) is 6.04 Å². The van der Waals surface area contributed by atoms with E-state index in [4.69, 9.17) is 0 Å². The number of fused-ring (bicyclic) bond motifs is 4. The molecule has 0 amide bonds. The fourth-order valence-electron chi connectivity index (χ4n) is 8.08. The Kier molecular flexibility index (Phi) is 7.97. The molecule has 1 unspecified atom stereocenters. The lowest BCUT2D eigenvalue weighted by atomic mass is 9.87. The van der Waals surface area contributed by atoms with Crippen molar-refractivity contribution < 1.29 is 0 Å². The zero-order valence-corrected chi connectivity index (χ0v) is 29.7. The highest BCUT2D eigenvalue weighted by molar-refractivity contribution is 6.07. The molecule has 0 fully saturated rings. The van der Waals surface area contributed by atoms with Gasteiger partial charge in [-0.15, -0.1) is 0 Å². The van der Waals surface area contributed by atoms with Crippen molar-refractivity contribution in [2.24, 2.45) is 0 Å². The molecule has 54 heavy (non-hydrogen) atoms. The van der Waals surface area contributed by atoms with Crippen LogP contribution in [0, 0.1) is 0 Å². The molecule has 3 nitrogen and oxygen atoms in total. The van der Waals surface area contributed by atoms with Crippen LogP contribution in [0.2, 0.25) is 0 Å². The SMILES string of the molecule is C1=C(c2ccccc2)N2NC(c3ccccc3)C(c3ccccc3)=C2c2cccc(N(c3ccccc3)c3ccc(-c4ccc5ccccc5c4)cc3)c21. The van der Waals surface area contributed by atoms with E-state index in [1.165, 1.54) is 55.4 Å². The molecule has 0 saturated carbocycles. The third-order valence-corrected chi connectivity index (χ3v) is 10.6. The molecule has 0 aliphatic carbocycles. The Hall–Kier alpha value is -6.94. The first kappa shape index (κ1) is 31.8. The van der Waals surface area contributed by atoms with Gasteiger partial charge in [0.1, 0.15) is 0 Å². The Bertz CT molecular complexity index is 2670. The fourth-order valence-corrected chi connectivity index (χ4v) is 8.08. The summed E-state index contributed by atoms with van der Waals surface area (Å²) in [5.74, 6) is 0. The van der Waals surface area contributed by atoms with Crippen LogP contribution in [0.4, 0.5) is 17.1 Å². The van der Waals surface area contributed by atoms with Crippen LogP contribution < -0.4 is 10.3 Å². The van der Waals surface area contributed by atoms with E-state index in [0.717, 1.165) is 28.3 Å². The van der Waals surface area contributed by atoms with Crippen molar-refractivity contribution in [3.8, 4) is 11.1 Å². The largest absolute Gasteiger partial charge is 0.310 e. The molecule has 2 aliphatic rings. The Morgan fingerprint density at radius 2 is 1.04 bits per heavy atom. The van der Waals surface area contributed by atoms with E-state index in [1.807, 2.05) is 0 Å². The third-order valence-electron chi connectivity index (χ3n) is 10.6. The molecule has 8 aromatic carbocycles. The van der Waals surface area contributed by atoms with Gasteiger partial charge in [0.25, 0.3) is 0 Å². The lowest BCUT2D eigenvalue weighted by Gasteiger charge is -2.34. The molecule has 2 heterocycles. The lowest BCUT2D eigenvalue weighted by molar-refractivity contribution is 0.405. The smallest absolute Gasteiger partial charge is 0.0793 e. The first-order chi connectivity index (χ1) is 26.8. The second-order valence-electron chi connectivity index (χ2n) is 13.9. The number of nitrogens with zero attached hydrogens (tertiary/aromatic N) is 2. The van der Waals surface area contributed by atoms with E-state index < -0.39 is 0 Å². The number of hydrogen-bond acceptors (Lipinski definition) is 3. The number of anilines is 3. The van der Waals surface area contributed by atoms with Crippen LogP contribution in [0.5, 0.6) is 0 Å². The van der Waals surface area contributed by atoms with E-state index in [0.29, 0.717) is 0 Å². The molecule has 3 heteroatoms. The highest BCUT2D eigenvalue weighted by Gasteiger charge is 2.39. The maximum Gasteiger partial charge on any atom is 0.0793 e. The van der Waals surface area contributed by atoms with Gasteiger partial charge in [0.2, 0.25) is 0 Å². The van der Waals surface area contributed by atoms with Gasteiger partial charge < -0.3 is 4.90 Å². The van der Waals surface area contributed by atoms with Gasteiger partial charge in [-0.1, -0.05) is 170 Å². The minimum Gasteiger partial charge on any atom is -0.310 e. The van der Waals surface area contributed by atoms with Gasteiger partial charge in [0.05, 0.1) is 23.1 Å². The van der Waals surface area contributed by atoms with Gasteiger partial charge in [-0.2, -0.15) is 0 Å². The topological polar surface area (TPSA) is 18.5 Å². The lowest BCUT2D eigenvalue weighted by Crippen LogP contribution is -2.33. The molecule has 0 radical (unpaired) electrons. The molecule has 10 rings (SSSR count). The molecule has 256 valence electrons. The van der Waals surface area contributed by atoms with Gasteiger partial charge in [0, 0.05) is 28.1 Å². The predicted molar refractivity (Wildman–Crippen MR) is 226 cm³/mol. The Morgan fingerprint density at radius 3 is 1.76 bits per heavy atom. The van der Waals surface area contributed by atoms with Crippen molar-refractivity contribution in [3.05, 3.63) is 234 Å². The van der Waals surface area contributed by atoms with Crippen LogP contribution in [-0.2, 0) is 0 Å². The third kappa shape index (κ3) is 5.59. The molecule has 0 spiro atoms. The van der Waals surface area contributed by atoms with Gasteiger partial charge >= 0.3 is 0 Å². The number of para-hydroxylation sites is 1. The molecule has 0 aromatic heterocycles. The fraction of sp³-hybridized carbons (Fsp3) is 0.0196. The van der Waals surface area contributed by atoms with E-state index in [-0.39, 0.29) is 6.04 Å². The van der Waals surface area contributed by atoms with Crippen LogP contribution in [0.1, 0.15) is 33.9 Å². The minimum atomic E-state index is -0.0433. The normalized spacial score (nSPS) is 14.8. The van der Waals surface area contributed by atoms with Crippen molar-refractivity contribution in [1.82, 2.24) is 10.4 Å². The van der Waals surface area contributed by atoms with E-state index in [2.05, 4.69) is 228 Å². The molecule has 1 atom stereocenters. The maximum atomic E-state index is 3.97. The number of nitrogens with one attached hydrogen (secondary N) is 1. The summed E-state index contributed by atoms with van der Waals surface area (Å²) in [7, 11) is 0. The van der Waals surface area contributed by atoms with Crippen LogP contribution in [0.15, 0.2) is 206 Å². The van der Waals surface area contributed by atoms with Gasteiger partial charge in [-0.05, 0) is 81.1 Å². The first-order valence-corrected chi connectivity index (χ1v) is 18.6. The quantitative estimate of drug-likeness (QED) is 0.179. The summed E-state index contributed by atoms with van der Waals surface area (Å²) < 4.78 is 0. The van der Waals surface area contributed by atoms with Crippen LogP contribution >= 0.6 is 0 Å². The number of hydrazine groups is 1. The van der Waals surface area contributed by atoms with Crippen molar-refractivity contribution in [3.63, 3.8) is 0 Å². The molecular formula is C51H37N3. The maximum absolute atomic E-state index is 3.97. The average molecular weight is 692 g/mol. The summed E-state index contributed by atoms with van der Waals surface area (Å²) >= 11 is 0. The summed E-state index contributed by atoms with van der Waals surface area (Å²) in [6.45, 7) is 0. The van der Waals surface area contributed by atoms with Crippen LogP contribution in [0.25, 0.3) is 44.9 Å². The van der Waals surface area contributed by atoms with E-state index in [9.17, 15) is 0 Å². The monoisotopic (exact) mass is 691 g/mol. The summed E-state index contributed by atoms with van der Waals surface area (Å²) in [6, 6.07) is 74.1.